The van der Waals surface area contributed by atoms with Crippen LogP contribution in [0.15, 0.2) is 206 Å². The minimum Gasteiger partial charge on any atom is -0.458 e. The SMILES string of the molecule is [2H]c1c(Oc2cccc(-n3[c-][n+](-c4c(-c5ccccc5)cccc4-c4cc(C(C)(C)C)cc(C(C)(C)C)c4)c4ccccc43)c2)cc2c(c1[2H])c1c([2H])c([2H])c([2H])c([2H])c1n2-c1cc(CC(C)(C)c2ccccc2)ccn1. The minimum atomic E-state index is -0.421. The molecule has 11 rings (SSSR count). The zero-order valence-electron chi connectivity index (χ0n) is 47.6. The quantitative estimate of drug-likeness (QED) is 0.101. The maximum absolute atomic E-state index is 9.53. The van der Waals surface area contributed by atoms with Crippen molar-refractivity contribution in [3.05, 3.63) is 235 Å². The van der Waals surface area contributed by atoms with Gasteiger partial charge in [-0.25, -0.2) is 4.98 Å². The van der Waals surface area contributed by atoms with Gasteiger partial charge in [-0.1, -0.05) is 201 Å². The second-order valence-corrected chi connectivity index (χ2v) is 21.3. The van der Waals surface area contributed by atoms with Crippen LogP contribution >= 0.6 is 0 Å². The molecule has 3 aromatic heterocycles. The summed E-state index contributed by atoms with van der Waals surface area (Å²) in [4.78, 5) is 4.79. The van der Waals surface area contributed by atoms with Crippen molar-refractivity contribution in [2.24, 2.45) is 0 Å². The van der Waals surface area contributed by atoms with E-state index in [0.717, 1.165) is 50.2 Å². The molecule has 0 radical (unpaired) electrons. The van der Waals surface area contributed by atoms with E-state index in [2.05, 4.69) is 151 Å². The molecule has 11 aromatic rings. The van der Waals surface area contributed by atoms with Crippen LogP contribution in [0.2, 0.25) is 0 Å². The lowest BCUT2D eigenvalue weighted by Crippen LogP contribution is -2.31. The first-order valence-electron chi connectivity index (χ1n) is 27.3. The van der Waals surface area contributed by atoms with Gasteiger partial charge in [-0.3, -0.25) is 13.7 Å². The summed E-state index contributed by atoms with van der Waals surface area (Å²) < 4.78 is 67.3. The molecule has 8 aromatic carbocycles. The number of imidazole rings is 1. The fourth-order valence-corrected chi connectivity index (χ4v) is 9.80. The van der Waals surface area contributed by atoms with Crippen molar-refractivity contribution in [1.29, 1.82) is 0 Å². The van der Waals surface area contributed by atoms with Gasteiger partial charge >= 0.3 is 0 Å². The Morgan fingerprint density at radius 2 is 1.21 bits per heavy atom. The Labute approximate surface area is 426 Å². The molecule has 0 unspecified atom stereocenters. The third-order valence-electron chi connectivity index (χ3n) is 13.6. The number of ether oxygens (including phenoxy) is 1. The van der Waals surface area contributed by atoms with Crippen molar-refractivity contribution < 1.29 is 17.5 Å². The van der Waals surface area contributed by atoms with Crippen LogP contribution in [-0.4, -0.2) is 14.1 Å². The smallest absolute Gasteiger partial charge is 0.269 e. The Kier molecular flexibility index (Phi) is 9.69. The Morgan fingerprint density at radius 1 is 0.549 bits per heavy atom. The molecular formula is C66H60N4O. The molecule has 0 atom stereocenters. The van der Waals surface area contributed by atoms with Crippen LogP contribution in [0.3, 0.4) is 0 Å². The normalized spacial score (nSPS) is 13.5. The lowest BCUT2D eigenvalue weighted by molar-refractivity contribution is -0.571. The second-order valence-electron chi connectivity index (χ2n) is 21.3. The van der Waals surface area contributed by atoms with Crippen molar-refractivity contribution in [2.75, 3.05) is 0 Å². The van der Waals surface area contributed by atoms with Crippen LogP contribution in [0.1, 0.15) is 85.9 Å². The van der Waals surface area contributed by atoms with Gasteiger partial charge in [-0.05, 0) is 116 Å². The summed E-state index contributed by atoms with van der Waals surface area (Å²) in [5.41, 5.74) is 12.6. The number of nitrogens with zero attached hydrogens (tertiary/aromatic N) is 4. The lowest BCUT2D eigenvalue weighted by atomic mass is 9.78. The van der Waals surface area contributed by atoms with Gasteiger partial charge in [-0.15, -0.1) is 0 Å². The highest BCUT2D eigenvalue weighted by Gasteiger charge is 2.26. The van der Waals surface area contributed by atoms with Gasteiger partial charge in [0.05, 0.1) is 41.7 Å². The monoisotopic (exact) mass is 931 g/mol. The number of hydrogen-bond acceptors (Lipinski definition) is 2. The number of aromatic nitrogens is 4. The molecule has 0 amide bonds. The fourth-order valence-electron chi connectivity index (χ4n) is 9.80. The fraction of sp³-hybridized carbons (Fsp3) is 0.182. The Bertz CT molecular complexity index is 4080. The first-order valence-corrected chi connectivity index (χ1v) is 24.3. The molecule has 0 saturated carbocycles. The van der Waals surface area contributed by atoms with Gasteiger partial charge < -0.3 is 4.74 Å². The summed E-state index contributed by atoms with van der Waals surface area (Å²) in [6, 6.07) is 53.9. The highest BCUT2D eigenvalue weighted by molar-refractivity contribution is 6.09. The van der Waals surface area contributed by atoms with Crippen molar-refractivity contribution in [3.8, 4) is 50.9 Å². The largest absolute Gasteiger partial charge is 0.458 e. The molecule has 0 N–H and O–H groups in total. The Hall–Kier alpha value is -8.02. The minimum absolute atomic E-state index is 0.0743. The van der Waals surface area contributed by atoms with Crippen LogP contribution in [0.5, 0.6) is 11.5 Å². The van der Waals surface area contributed by atoms with Crippen LogP contribution in [0, 0.1) is 6.33 Å². The van der Waals surface area contributed by atoms with E-state index in [1.54, 1.807) is 16.8 Å². The van der Waals surface area contributed by atoms with Gasteiger partial charge in [0, 0.05) is 23.0 Å². The molecule has 0 fully saturated rings. The first-order chi connectivity index (χ1) is 36.7. The number of hydrogen-bond donors (Lipinski definition) is 0. The maximum atomic E-state index is 9.53. The van der Waals surface area contributed by atoms with Crippen LogP contribution in [0.25, 0.3) is 72.3 Å². The standard InChI is InChI=1S/C66H60N4O/c1-64(2,3)49-38-47(39-50(40-49)65(4,5)6)55-29-20-28-54(46-21-11-9-12-22-46)63(55)69-44-68(59-31-17-18-32-60(59)69)51-25-19-26-52(41-51)71-53-33-34-57-56-27-15-16-30-58(56)70(61(57)42-53)62-37-45(35-36-67-62)43-66(7,8)48-23-13-10-14-24-48/h9-42H,43H2,1-8H3/i15D,16D,27D,30D,33D,34D. The molecule has 0 spiro atoms. The van der Waals surface area contributed by atoms with E-state index in [1.165, 1.54) is 16.7 Å². The molecular weight excluding hydrogens is 865 g/mol. The molecule has 5 nitrogen and oxygen atoms in total. The van der Waals surface area contributed by atoms with Gasteiger partial charge in [0.2, 0.25) is 0 Å². The predicted molar refractivity (Wildman–Crippen MR) is 294 cm³/mol. The summed E-state index contributed by atoms with van der Waals surface area (Å²) in [7, 11) is 0. The van der Waals surface area contributed by atoms with Gasteiger partial charge in [0.1, 0.15) is 17.3 Å². The zero-order valence-corrected chi connectivity index (χ0v) is 41.6. The number of pyridine rings is 1. The van der Waals surface area contributed by atoms with Crippen molar-refractivity contribution in [3.63, 3.8) is 0 Å². The van der Waals surface area contributed by atoms with Crippen molar-refractivity contribution >= 4 is 32.8 Å². The van der Waals surface area contributed by atoms with E-state index in [9.17, 15) is 4.11 Å². The third kappa shape index (κ3) is 8.71. The number of rotatable bonds is 10. The van der Waals surface area contributed by atoms with E-state index < -0.39 is 12.1 Å². The third-order valence-corrected chi connectivity index (χ3v) is 13.6. The second kappa shape index (κ2) is 17.7. The van der Waals surface area contributed by atoms with Crippen LogP contribution in [-0.2, 0) is 22.7 Å². The molecule has 71 heavy (non-hydrogen) atoms. The molecule has 0 aliphatic heterocycles. The van der Waals surface area contributed by atoms with Crippen LogP contribution in [0.4, 0.5) is 0 Å². The van der Waals surface area contributed by atoms with Crippen molar-refractivity contribution in [1.82, 2.24) is 14.1 Å². The highest BCUT2D eigenvalue weighted by Crippen LogP contribution is 2.40. The molecule has 0 aliphatic carbocycles. The summed E-state index contributed by atoms with van der Waals surface area (Å²) in [5.74, 6) is 0.894. The number of fused-ring (bicyclic) bond motifs is 4. The molecule has 0 aliphatic rings. The van der Waals surface area contributed by atoms with E-state index in [1.807, 2.05) is 77.4 Å². The number of para-hydroxylation sites is 4. The van der Waals surface area contributed by atoms with E-state index in [0.29, 0.717) is 23.5 Å². The summed E-state index contributed by atoms with van der Waals surface area (Å²) in [5, 5.41) is 0.356. The molecule has 350 valence electrons. The van der Waals surface area contributed by atoms with Gasteiger partial charge in [0.15, 0.2) is 0 Å². The van der Waals surface area contributed by atoms with Crippen molar-refractivity contribution in [2.45, 2.75) is 78.1 Å². The topological polar surface area (TPSA) is 35.9 Å². The summed E-state index contributed by atoms with van der Waals surface area (Å²) >= 11 is 0. The molecule has 5 heteroatoms. The predicted octanol–water partition coefficient (Wildman–Crippen LogP) is 16.4. The molecule has 3 heterocycles. The Balaban J connectivity index is 1.06. The first kappa shape index (κ1) is 38.8. The maximum Gasteiger partial charge on any atom is 0.269 e. The average molecular weight is 931 g/mol. The average Bonchev–Trinajstić information content (AvgIpc) is 3.99. The summed E-state index contributed by atoms with van der Waals surface area (Å²) in [6.07, 6.45) is 6.16. The molecule has 0 saturated heterocycles. The van der Waals surface area contributed by atoms with E-state index in [4.69, 9.17) is 13.8 Å². The molecule has 0 bridgehead atoms. The van der Waals surface area contributed by atoms with E-state index in [-0.39, 0.29) is 62.5 Å². The highest BCUT2D eigenvalue weighted by atomic mass is 16.5. The zero-order chi connectivity index (χ0) is 54.3. The lowest BCUT2D eigenvalue weighted by Gasteiger charge is -2.27. The van der Waals surface area contributed by atoms with E-state index >= 15 is 0 Å². The Morgan fingerprint density at radius 3 is 1.96 bits per heavy atom. The number of benzene rings is 8. The van der Waals surface area contributed by atoms with Crippen LogP contribution < -0.4 is 9.30 Å². The van der Waals surface area contributed by atoms with Gasteiger partial charge in [0.25, 0.3) is 6.33 Å². The van der Waals surface area contributed by atoms with Gasteiger partial charge in [-0.2, -0.15) is 0 Å². The summed E-state index contributed by atoms with van der Waals surface area (Å²) in [6.45, 7) is 18.0.